The maximum atomic E-state index is 13.1. The zero-order valence-electron chi connectivity index (χ0n) is 17.9. The number of benzene rings is 1. The van der Waals surface area contributed by atoms with Gasteiger partial charge in [-0.05, 0) is 63.0 Å². The molecule has 0 unspecified atom stereocenters. The molecule has 6 nitrogen and oxygen atoms in total. The number of aryl methyl sites for hydroxylation is 1. The summed E-state index contributed by atoms with van der Waals surface area (Å²) in [5.74, 6) is 1.31. The molecule has 1 N–H and O–H groups in total. The Morgan fingerprint density at radius 3 is 2.61 bits per heavy atom. The third-order valence-corrected chi connectivity index (χ3v) is 5.62. The molecular weight excluding hydrogens is 435 g/mol. The van der Waals surface area contributed by atoms with Crippen molar-refractivity contribution in [1.29, 1.82) is 0 Å². The van der Waals surface area contributed by atoms with E-state index in [1.165, 1.54) is 0 Å². The number of amides is 1. The quantitative estimate of drug-likeness (QED) is 0.595. The van der Waals surface area contributed by atoms with Gasteiger partial charge in [0.1, 0.15) is 18.0 Å². The Balaban J connectivity index is 0.00000171. The number of ether oxygens (including phenoxy) is 1. The molecular formula is C23H30Cl2N4O2. The average Bonchev–Trinajstić information content (AvgIpc) is 3.17. The molecule has 0 radical (unpaired) electrons. The van der Waals surface area contributed by atoms with E-state index in [1.54, 1.807) is 0 Å². The summed E-state index contributed by atoms with van der Waals surface area (Å²) in [6.45, 7) is 4.98. The van der Waals surface area contributed by atoms with E-state index in [0.29, 0.717) is 23.8 Å². The molecule has 1 saturated heterocycles. The summed E-state index contributed by atoms with van der Waals surface area (Å²) < 4.78 is 8.03. The molecule has 1 aliphatic rings. The number of para-hydroxylation sites is 1. The predicted octanol–water partition coefficient (Wildman–Crippen LogP) is 4.14. The van der Waals surface area contributed by atoms with Crippen LogP contribution in [0.1, 0.15) is 34.5 Å². The Morgan fingerprint density at radius 2 is 1.90 bits per heavy atom. The number of pyridine rings is 1. The van der Waals surface area contributed by atoms with Crippen LogP contribution in [0.3, 0.4) is 0 Å². The van der Waals surface area contributed by atoms with E-state index in [-0.39, 0.29) is 30.7 Å². The van der Waals surface area contributed by atoms with E-state index in [2.05, 4.69) is 10.3 Å². The van der Waals surface area contributed by atoms with Crippen molar-refractivity contribution in [2.24, 2.45) is 5.92 Å². The molecule has 4 rings (SSSR count). The first kappa shape index (κ1) is 25.0. The highest BCUT2D eigenvalue weighted by Gasteiger charge is 2.25. The fourth-order valence-corrected chi connectivity index (χ4v) is 3.99. The lowest BCUT2D eigenvalue weighted by Gasteiger charge is -2.32. The van der Waals surface area contributed by atoms with E-state index in [4.69, 9.17) is 4.74 Å². The summed E-state index contributed by atoms with van der Waals surface area (Å²) in [6, 6.07) is 11.6. The largest absolute Gasteiger partial charge is 0.486 e. The Labute approximate surface area is 195 Å². The van der Waals surface area contributed by atoms with Crippen molar-refractivity contribution in [1.82, 2.24) is 19.6 Å². The number of hydrogen-bond acceptors (Lipinski definition) is 4. The lowest BCUT2D eigenvalue weighted by molar-refractivity contribution is 0.0686. The predicted molar refractivity (Wildman–Crippen MR) is 128 cm³/mol. The van der Waals surface area contributed by atoms with E-state index < -0.39 is 0 Å². The van der Waals surface area contributed by atoms with Crippen molar-refractivity contribution in [3.63, 3.8) is 0 Å². The minimum atomic E-state index is 0. The fraction of sp³-hybridized carbons (Fsp3) is 0.391. The lowest BCUT2D eigenvalue weighted by Crippen LogP contribution is -2.40. The van der Waals surface area contributed by atoms with Crippen LogP contribution in [0.5, 0.6) is 5.75 Å². The Bertz CT molecular complexity index is 1000. The molecule has 3 heterocycles. The maximum absolute atomic E-state index is 13.1. The number of nitrogens with one attached hydrogen (secondary N) is 1. The number of imidazole rings is 1. The van der Waals surface area contributed by atoms with Gasteiger partial charge in [-0.25, -0.2) is 4.98 Å². The molecule has 0 aliphatic carbocycles. The second-order valence-corrected chi connectivity index (χ2v) is 7.73. The standard InChI is InChI=1S/C23H28N4O2.2ClH/c1-17-6-5-11-27-15-19(25-22(17)27)16-29-21-8-4-3-7-20(21)23(28)26-12-9-18(10-13-26)14-24-2;;/h3-8,11,15,18,24H,9-10,12-14,16H2,1-2H3;2*1H. The lowest BCUT2D eigenvalue weighted by atomic mass is 9.96. The zero-order chi connectivity index (χ0) is 20.2. The molecule has 1 fully saturated rings. The third kappa shape index (κ3) is 5.70. The third-order valence-electron chi connectivity index (χ3n) is 5.62. The van der Waals surface area contributed by atoms with Crippen LogP contribution < -0.4 is 10.1 Å². The van der Waals surface area contributed by atoms with Gasteiger partial charge in [0, 0.05) is 25.5 Å². The second-order valence-electron chi connectivity index (χ2n) is 7.73. The minimum Gasteiger partial charge on any atom is -0.486 e. The van der Waals surface area contributed by atoms with E-state index >= 15 is 0 Å². The van der Waals surface area contributed by atoms with Crippen LogP contribution in [0.4, 0.5) is 0 Å². The Morgan fingerprint density at radius 1 is 1.16 bits per heavy atom. The molecule has 0 atom stereocenters. The van der Waals surface area contributed by atoms with Gasteiger partial charge in [0.2, 0.25) is 0 Å². The van der Waals surface area contributed by atoms with E-state index in [9.17, 15) is 4.79 Å². The zero-order valence-corrected chi connectivity index (χ0v) is 19.5. The van der Waals surface area contributed by atoms with Crippen molar-refractivity contribution >= 4 is 36.4 Å². The van der Waals surface area contributed by atoms with Crippen molar-refractivity contribution in [3.05, 3.63) is 65.6 Å². The summed E-state index contributed by atoms with van der Waals surface area (Å²) >= 11 is 0. The van der Waals surface area contributed by atoms with Crippen molar-refractivity contribution < 1.29 is 9.53 Å². The highest BCUT2D eigenvalue weighted by Crippen LogP contribution is 2.24. The molecule has 0 spiro atoms. The molecule has 3 aromatic rings. The van der Waals surface area contributed by atoms with Crippen molar-refractivity contribution in [2.75, 3.05) is 26.7 Å². The molecule has 168 valence electrons. The number of carbonyl (C=O) groups is 1. The van der Waals surface area contributed by atoms with Crippen molar-refractivity contribution in [2.45, 2.75) is 26.4 Å². The number of fused-ring (bicyclic) bond motifs is 1. The molecule has 1 aliphatic heterocycles. The first-order valence-corrected chi connectivity index (χ1v) is 10.2. The summed E-state index contributed by atoms with van der Waals surface area (Å²) in [6.07, 6.45) is 6.03. The number of halogens is 2. The van der Waals surface area contributed by atoms with Gasteiger partial charge in [-0.2, -0.15) is 0 Å². The van der Waals surface area contributed by atoms with Gasteiger partial charge in [0.15, 0.2) is 0 Å². The molecule has 31 heavy (non-hydrogen) atoms. The number of piperidine rings is 1. The molecule has 1 aromatic carbocycles. The fourth-order valence-electron chi connectivity index (χ4n) is 3.99. The molecule has 1 amide bonds. The van der Waals surface area contributed by atoms with Gasteiger partial charge in [-0.1, -0.05) is 18.2 Å². The first-order valence-electron chi connectivity index (χ1n) is 10.2. The normalized spacial score (nSPS) is 14.1. The summed E-state index contributed by atoms with van der Waals surface area (Å²) in [5, 5.41) is 3.24. The summed E-state index contributed by atoms with van der Waals surface area (Å²) in [4.78, 5) is 19.7. The van der Waals surface area contributed by atoms with Gasteiger partial charge < -0.3 is 19.4 Å². The maximum Gasteiger partial charge on any atom is 0.257 e. The number of aromatic nitrogens is 2. The van der Waals surface area contributed by atoms with Crippen LogP contribution in [0.25, 0.3) is 5.65 Å². The average molecular weight is 465 g/mol. The topological polar surface area (TPSA) is 58.9 Å². The minimum absolute atomic E-state index is 0. The van der Waals surface area contributed by atoms with Crippen molar-refractivity contribution in [3.8, 4) is 5.75 Å². The van der Waals surface area contributed by atoms with Crippen LogP contribution in [-0.2, 0) is 6.61 Å². The van der Waals surface area contributed by atoms with Crippen LogP contribution in [0.2, 0.25) is 0 Å². The number of rotatable bonds is 6. The van der Waals surface area contributed by atoms with Crippen LogP contribution in [0.15, 0.2) is 48.8 Å². The summed E-state index contributed by atoms with van der Waals surface area (Å²) in [5.41, 5.74) is 3.52. The Kier molecular flexibility index (Phi) is 9.16. The number of nitrogens with zero attached hydrogens (tertiary/aromatic N) is 3. The smallest absolute Gasteiger partial charge is 0.257 e. The van der Waals surface area contributed by atoms with Gasteiger partial charge in [-0.15, -0.1) is 24.8 Å². The Hall–Kier alpha value is -2.28. The highest BCUT2D eigenvalue weighted by molar-refractivity contribution is 5.97. The van der Waals surface area contributed by atoms with Gasteiger partial charge in [0.05, 0.1) is 11.3 Å². The van der Waals surface area contributed by atoms with Crippen LogP contribution in [0, 0.1) is 12.8 Å². The van der Waals surface area contributed by atoms with E-state index in [0.717, 1.165) is 49.4 Å². The molecule has 8 heteroatoms. The van der Waals surface area contributed by atoms with Crippen LogP contribution >= 0.6 is 24.8 Å². The summed E-state index contributed by atoms with van der Waals surface area (Å²) in [7, 11) is 1.98. The molecule has 0 saturated carbocycles. The van der Waals surface area contributed by atoms with Crippen LogP contribution in [-0.4, -0.2) is 46.9 Å². The first-order chi connectivity index (χ1) is 14.2. The number of carbonyl (C=O) groups excluding carboxylic acids is 1. The molecule has 2 aromatic heterocycles. The van der Waals surface area contributed by atoms with Gasteiger partial charge >= 0.3 is 0 Å². The molecule has 0 bridgehead atoms. The monoisotopic (exact) mass is 464 g/mol. The van der Waals surface area contributed by atoms with E-state index in [1.807, 2.05) is 72.1 Å². The van der Waals surface area contributed by atoms with Gasteiger partial charge in [-0.3, -0.25) is 4.79 Å². The highest BCUT2D eigenvalue weighted by atomic mass is 35.5. The SMILES string of the molecule is CNCC1CCN(C(=O)c2ccccc2OCc2cn3cccc(C)c3n2)CC1.Cl.Cl. The second kappa shape index (κ2) is 11.4. The van der Waals surface area contributed by atoms with Gasteiger partial charge in [0.25, 0.3) is 5.91 Å². The number of hydrogen-bond donors (Lipinski definition) is 1. The number of likely N-dealkylation sites (tertiary alicyclic amines) is 1.